The molecule has 2 aromatic carbocycles. The van der Waals surface area contributed by atoms with Crippen molar-refractivity contribution in [2.24, 2.45) is 0 Å². The highest BCUT2D eigenvalue weighted by Crippen LogP contribution is 2.34. The van der Waals surface area contributed by atoms with E-state index in [9.17, 15) is 32.9 Å². The Morgan fingerprint density at radius 1 is 1.12 bits per heavy atom. The summed E-state index contributed by atoms with van der Waals surface area (Å²) in [7, 11) is 0. The molecule has 32 heavy (non-hydrogen) atoms. The zero-order chi connectivity index (χ0) is 23.3. The molecule has 1 saturated heterocycles. The van der Waals surface area contributed by atoms with E-state index in [1.54, 1.807) is 29.2 Å². The Kier molecular flexibility index (Phi) is 6.96. The number of hydrogen-bond acceptors (Lipinski definition) is 5. The first-order chi connectivity index (χ1) is 15.1. The Balaban J connectivity index is 1.48. The number of anilines is 2. The van der Waals surface area contributed by atoms with Crippen LogP contribution in [-0.4, -0.2) is 36.4 Å². The van der Waals surface area contributed by atoms with Crippen LogP contribution in [0.1, 0.15) is 24.0 Å². The van der Waals surface area contributed by atoms with Gasteiger partial charge in [-0.3, -0.25) is 19.7 Å². The summed E-state index contributed by atoms with van der Waals surface area (Å²) in [6, 6.07) is 9.34. The van der Waals surface area contributed by atoms with Crippen molar-refractivity contribution in [2.75, 3.05) is 29.9 Å². The Hall–Kier alpha value is -3.63. The molecule has 2 amide bonds. The second-order valence-electron chi connectivity index (χ2n) is 7.26. The largest absolute Gasteiger partial charge is 0.416 e. The van der Waals surface area contributed by atoms with Gasteiger partial charge in [-0.2, -0.15) is 13.2 Å². The van der Waals surface area contributed by atoms with Crippen molar-refractivity contribution in [2.45, 2.75) is 25.4 Å². The number of carbonyl (C=O) groups excluding carboxylic acids is 2. The topological polar surface area (TPSA) is 105 Å². The van der Waals surface area contributed by atoms with Crippen molar-refractivity contribution in [1.82, 2.24) is 5.32 Å². The Labute approximate surface area is 181 Å². The molecule has 0 spiro atoms. The summed E-state index contributed by atoms with van der Waals surface area (Å²) in [5.41, 5.74) is -0.321. The van der Waals surface area contributed by atoms with Crippen LogP contribution in [0.4, 0.5) is 30.2 Å². The molecule has 0 saturated carbocycles. The molecule has 2 N–H and O–H groups in total. The van der Waals surface area contributed by atoms with Gasteiger partial charge in [-0.05, 0) is 36.2 Å². The maximum atomic E-state index is 12.7. The van der Waals surface area contributed by atoms with Crippen molar-refractivity contribution in [3.63, 3.8) is 0 Å². The molecule has 3 rings (SSSR count). The summed E-state index contributed by atoms with van der Waals surface area (Å²) in [5, 5.41) is 16.4. The molecule has 8 nitrogen and oxygen atoms in total. The second kappa shape index (κ2) is 9.67. The third kappa shape index (κ3) is 5.74. The van der Waals surface area contributed by atoms with Gasteiger partial charge in [0.2, 0.25) is 11.8 Å². The molecule has 0 unspecified atom stereocenters. The zero-order valence-electron chi connectivity index (χ0n) is 16.9. The number of carbonyl (C=O) groups is 2. The number of nitro groups is 1. The maximum Gasteiger partial charge on any atom is 0.416 e. The lowest BCUT2D eigenvalue weighted by Gasteiger charge is -2.16. The lowest BCUT2D eigenvalue weighted by atomic mass is 10.1. The van der Waals surface area contributed by atoms with Crippen LogP contribution in [0.2, 0.25) is 0 Å². The lowest BCUT2D eigenvalue weighted by Crippen LogP contribution is -2.30. The number of halogens is 3. The normalized spacial score (nSPS) is 13.8. The summed E-state index contributed by atoms with van der Waals surface area (Å²) < 4.78 is 38.2. The number of rotatable bonds is 8. The van der Waals surface area contributed by atoms with Crippen LogP contribution in [-0.2, 0) is 22.2 Å². The van der Waals surface area contributed by atoms with Gasteiger partial charge in [0.1, 0.15) is 5.69 Å². The average Bonchev–Trinajstić information content (AvgIpc) is 3.17. The van der Waals surface area contributed by atoms with E-state index in [0.29, 0.717) is 19.0 Å². The highest BCUT2D eigenvalue weighted by molar-refractivity contribution is 5.95. The van der Waals surface area contributed by atoms with Crippen LogP contribution >= 0.6 is 0 Å². The predicted octanol–water partition coefficient (Wildman–Crippen LogP) is 3.51. The second-order valence-corrected chi connectivity index (χ2v) is 7.26. The quantitative estimate of drug-likeness (QED) is 0.364. The minimum absolute atomic E-state index is 0.0655. The fourth-order valence-electron chi connectivity index (χ4n) is 3.37. The monoisotopic (exact) mass is 450 g/mol. The van der Waals surface area contributed by atoms with Crippen LogP contribution in [0.5, 0.6) is 0 Å². The van der Waals surface area contributed by atoms with Crippen molar-refractivity contribution < 1.29 is 27.7 Å². The molecule has 0 radical (unpaired) electrons. The Bertz CT molecular complexity index is 1010. The zero-order valence-corrected chi connectivity index (χ0v) is 16.9. The van der Waals surface area contributed by atoms with E-state index in [1.165, 1.54) is 0 Å². The SMILES string of the molecule is O=C(Cc1ccc(N2CCCC2=O)cc1)NCCNc1ccc(C(F)(F)F)cc1[N+](=O)[O-]. The van der Waals surface area contributed by atoms with Gasteiger partial charge in [-0.25, -0.2) is 0 Å². The van der Waals surface area contributed by atoms with Crippen molar-refractivity contribution >= 4 is 28.9 Å². The lowest BCUT2D eigenvalue weighted by molar-refractivity contribution is -0.384. The molecule has 0 atom stereocenters. The van der Waals surface area contributed by atoms with E-state index < -0.39 is 22.4 Å². The molecule has 1 heterocycles. The highest BCUT2D eigenvalue weighted by Gasteiger charge is 2.33. The van der Waals surface area contributed by atoms with Gasteiger partial charge in [-0.15, -0.1) is 0 Å². The minimum atomic E-state index is -4.68. The summed E-state index contributed by atoms with van der Waals surface area (Å²) in [6.45, 7) is 0.897. The van der Waals surface area contributed by atoms with Crippen LogP contribution in [0.25, 0.3) is 0 Å². The van der Waals surface area contributed by atoms with Crippen LogP contribution in [0.3, 0.4) is 0 Å². The van der Waals surface area contributed by atoms with Crippen LogP contribution < -0.4 is 15.5 Å². The summed E-state index contributed by atoms with van der Waals surface area (Å²) in [5.74, 6) is -0.199. The molecule has 0 aromatic heterocycles. The van der Waals surface area contributed by atoms with Gasteiger partial charge in [0.05, 0.1) is 16.9 Å². The van der Waals surface area contributed by atoms with E-state index in [-0.39, 0.29) is 37.0 Å². The van der Waals surface area contributed by atoms with Crippen molar-refractivity contribution in [3.05, 3.63) is 63.7 Å². The molecular weight excluding hydrogens is 429 g/mol. The first-order valence-corrected chi connectivity index (χ1v) is 9.90. The first kappa shape index (κ1) is 23.0. The summed E-state index contributed by atoms with van der Waals surface area (Å²) in [4.78, 5) is 35.8. The fourth-order valence-corrected chi connectivity index (χ4v) is 3.37. The number of hydrogen-bond donors (Lipinski definition) is 2. The van der Waals surface area contributed by atoms with Gasteiger partial charge in [-0.1, -0.05) is 12.1 Å². The molecule has 2 aromatic rings. The number of nitrogens with zero attached hydrogens (tertiary/aromatic N) is 2. The minimum Gasteiger partial charge on any atom is -0.378 e. The molecule has 170 valence electrons. The van der Waals surface area contributed by atoms with E-state index in [4.69, 9.17) is 0 Å². The molecule has 1 aliphatic heterocycles. The smallest absolute Gasteiger partial charge is 0.378 e. The first-order valence-electron chi connectivity index (χ1n) is 9.90. The van der Waals surface area contributed by atoms with Gasteiger partial charge >= 0.3 is 6.18 Å². The van der Waals surface area contributed by atoms with E-state index in [2.05, 4.69) is 10.6 Å². The molecular formula is C21H21F3N4O4. The molecule has 0 bridgehead atoms. The molecule has 1 fully saturated rings. The van der Waals surface area contributed by atoms with Gasteiger partial charge in [0.25, 0.3) is 5.69 Å². The summed E-state index contributed by atoms with van der Waals surface area (Å²) in [6.07, 6.45) is -3.21. The van der Waals surface area contributed by atoms with E-state index in [1.807, 2.05) is 0 Å². The van der Waals surface area contributed by atoms with E-state index >= 15 is 0 Å². The molecule has 11 heteroatoms. The number of amides is 2. The standard InChI is InChI=1S/C21H21F3N4O4/c22-21(23,24)15-5-8-17(18(13-15)28(31)32)25-9-10-26-19(29)12-14-3-6-16(7-4-14)27-11-1-2-20(27)30/h3-8,13,25H,1-2,9-12H2,(H,26,29). The van der Waals surface area contributed by atoms with Gasteiger partial charge in [0, 0.05) is 37.8 Å². The van der Waals surface area contributed by atoms with Crippen LogP contribution in [0.15, 0.2) is 42.5 Å². The molecule has 1 aliphatic rings. The highest BCUT2D eigenvalue weighted by atomic mass is 19.4. The number of alkyl halides is 3. The van der Waals surface area contributed by atoms with Crippen molar-refractivity contribution in [3.8, 4) is 0 Å². The average molecular weight is 450 g/mol. The van der Waals surface area contributed by atoms with E-state index in [0.717, 1.165) is 29.8 Å². The van der Waals surface area contributed by atoms with Crippen LogP contribution in [0, 0.1) is 10.1 Å². The van der Waals surface area contributed by atoms with Crippen molar-refractivity contribution in [1.29, 1.82) is 0 Å². The fraction of sp³-hybridized carbons (Fsp3) is 0.333. The number of benzene rings is 2. The third-order valence-corrected chi connectivity index (χ3v) is 4.97. The van der Waals surface area contributed by atoms with Gasteiger partial charge < -0.3 is 15.5 Å². The van der Waals surface area contributed by atoms with Gasteiger partial charge in [0.15, 0.2) is 0 Å². The number of nitro benzene ring substituents is 1. The molecule has 0 aliphatic carbocycles. The Morgan fingerprint density at radius 3 is 2.44 bits per heavy atom. The maximum absolute atomic E-state index is 12.7. The Morgan fingerprint density at radius 2 is 1.84 bits per heavy atom. The summed E-state index contributed by atoms with van der Waals surface area (Å²) >= 11 is 0. The number of nitrogens with one attached hydrogen (secondary N) is 2. The predicted molar refractivity (Wildman–Crippen MR) is 111 cm³/mol. The third-order valence-electron chi connectivity index (χ3n) is 4.97.